The summed E-state index contributed by atoms with van der Waals surface area (Å²) in [5.41, 5.74) is 2.15. The number of ketones is 1. The van der Waals surface area contributed by atoms with E-state index < -0.39 is 17.7 Å². The molecule has 1 aliphatic rings. The minimum Gasteiger partial charge on any atom is -0.507 e. The van der Waals surface area contributed by atoms with Crippen molar-refractivity contribution in [1.29, 1.82) is 0 Å². The Morgan fingerprint density at radius 2 is 1.63 bits per heavy atom. The second-order valence-corrected chi connectivity index (χ2v) is 10.4. The highest BCUT2D eigenvalue weighted by atomic mass is 16.5. The number of methoxy groups -OCH3 is 1. The zero-order valence-corrected chi connectivity index (χ0v) is 25.5. The van der Waals surface area contributed by atoms with Gasteiger partial charge < -0.3 is 29.1 Å². The van der Waals surface area contributed by atoms with Gasteiger partial charge in [0.05, 0.1) is 25.3 Å². The number of likely N-dealkylation sites (tertiary alicyclic amines) is 1. The lowest BCUT2D eigenvalue weighted by molar-refractivity contribution is -0.140. The maximum atomic E-state index is 13.5. The number of ether oxygens (including phenoxy) is 3. The molecule has 1 N–H and O–H groups in total. The van der Waals surface area contributed by atoms with Crippen molar-refractivity contribution in [2.75, 3.05) is 39.9 Å². The van der Waals surface area contributed by atoms with E-state index in [1.165, 1.54) is 0 Å². The number of nitrogens with zero attached hydrogens (tertiary/aromatic N) is 2. The van der Waals surface area contributed by atoms with Gasteiger partial charge in [0, 0.05) is 12.1 Å². The molecule has 0 bridgehead atoms. The molecule has 0 saturated carbocycles. The lowest BCUT2D eigenvalue weighted by Crippen LogP contribution is -2.33. The Morgan fingerprint density at radius 1 is 0.907 bits per heavy atom. The monoisotopic (exact) mass is 586 g/mol. The number of benzene rings is 3. The van der Waals surface area contributed by atoms with Gasteiger partial charge in [-0.15, -0.1) is 0 Å². The van der Waals surface area contributed by atoms with Crippen LogP contribution >= 0.6 is 0 Å². The lowest BCUT2D eigenvalue weighted by Gasteiger charge is -2.27. The molecule has 1 saturated heterocycles. The average Bonchev–Trinajstić information content (AvgIpc) is 3.30. The molecule has 1 unspecified atom stereocenters. The van der Waals surface area contributed by atoms with E-state index in [2.05, 4.69) is 18.7 Å². The second-order valence-electron chi connectivity index (χ2n) is 10.4. The van der Waals surface area contributed by atoms with Crippen molar-refractivity contribution >= 4 is 17.4 Å². The van der Waals surface area contributed by atoms with Gasteiger partial charge in [-0.05, 0) is 80.0 Å². The number of rotatable bonds is 15. The Labute approximate surface area is 254 Å². The molecular formula is C35H42N2O6. The molecule has 8 heteroatoms. The van der Waals surface area contributed by atoms with Crippen LogP contribution in [0.3, 0.4) is 0 Å². The fourth-order valence-corrected chi connectivity index (χ4v) is 5.25. The van der Waals surface area contributed by atoms with E-state index in [0.29, 0.717) is 54.6 Å². The summed E-state index contributed by atoms with van der Waals surface area (Å²) in [6.07, 6.45) is 1.56. The normalized spacial score (nSPS) is 16.1. The molecule has 1 amide bonds. The summed E-state index contributed by atoms with van der Waals surface area (Å²) >= 11 is 0. The van der Waals surface area contributed by atoms with Gasteiger partial charge >= 0.3 is 0 Å². The number of aliphatic hydroxyl groups is 1. The third-order valence-electron chi connectivity index (χ3n) is 7.65. The summed E-state index contributed by atoms with van der Waals surface area (Å²) in [7, 11) is 1.55. The third-order valence-corrected chi connectivity index (χ3v) is 7.65. The third kappa shape index (κ3) is 7.56. The van der Waals surface area contributed by atoms with Gasteiger partial charge in [0.25, 0.3) is 11.7 Å². The van der Waals surface area contributed by atoms with Crippen LogP contribution in [0, 0.1) is 0 Å². The van der Waals surface area contributed by atoms with Crippen molar-refractivity contribution in [3.8, 4) is 17.2 Å². The first-order valence-corrected chi connectivity index (χ1v) is 15.0. The Hall–Kier alpha value is -4.30. The molecule has 3 aromatic rings. The molecule has 1 atom stereocenters. The Kier molecular flexibility index (Phi) is 11.2. The fraction of sp³-hybridized carbons (Fsp3) is 0.371. The van der Waals surface area contributed by atoms with E-state index in [0.717, 1.165) is 31.6 Å². The Bertz CT molecular complexity index is 1400. The summed E-state index contributed by atoms with van der Waals surface area (Å²) in [6, 6.07) is 21.3. The van der Waals surface area contributed by atoms with Crippen molar-refractivity contribution < 1.29 is 28.9 Å². The van der Waals surface area contributed by atoms with Gasteiger partial charge in [0.2, 0.25) is 0 Å². The number of carbonyl (C=O) groups is 2. The van der Waals surface area contributed by atoms with Crippen molar-refractivity contribution in [2.24, 2.45) is 0 Å². The smallest absolute Gasteiger partial charge is 0.295 e. The number of aliphatic hydroxyl groups excluding tert-OH is 1. The summed E-state index contributed by atoms with van der Waals surface area (Å²) in [5, 5.41) is 11.5. The molecule has 0 aromatic heterocycles. The minimum absolute atomic E-state index is 0.0510. The van der Waals surface area contributed by atoms with Crippen molar-refractivity contribution in [1.82, 2.24) is 9.80 Å². The maximum Gasteiger partial charge on any atom is 0.295 e. The van der Waals surface area contributed by atoms with Gasteiger partial charge in [0.15, 0.2) is 11.5 Å². The van der Waals surface area contributed by atoms with Gasteiger partial charge in [-0.1, -0.05) is 57.2 Å². The van der Waals surface area contributed by atoms with Crippen LogP contribution in [-0.2, 0) is 16.2 Å². The summed E-state index contributed by atoms with van der Waals surface area (Å²) in [6.45, 7) is 10.1. The second kappa shape index (κ2) is 15.3. The van der Waals surface area contributed by atoms with Gasteiger partial charge in [-0.3, -0.25) is 9.59 Å². The highest BCUT2D eigenvalue weighted by Crippen LogP contribution is 2.42. The first-order chi connectivity index (χ1) is 20.9. The molecule has 0 aliphatic carbocycles. The van der Waals surface area contributed by atoms with E-state index in [9.17, 15) is 14.7 Å². The summed E-state index contributed by atoms with van der Waals surface area (Å²) < 4.78 is 17.4. The first kappa shape index (κ1) is 31.6. The average molecular weight is 587 g/mol. The standard InChI is InChI=1S/C35H42N2O6/c1-5-22-42-28-17-14-26(15-18-28)33(38)31-32(37(35(40)34(31)39)21-11-20-36(6-2)7-3)27-16-19-29(30(23-27)41-4)43-24-25-12-9-8-10-13-25/h8-10,12-19,23,32,38H,5-7,11,20-22,24H2,1-4H3. The molecule has 3 aromatic carbocycles. The minimum atomic E-state index is -0.787. The van der Waals surface area contributed by atoms with Crippen LogP contribution in [0.5, 0.6) is 17.2 Å². The van der Waals surface area contributed by atoms with Crippen LogP contribution in [0.1, 0.15) is 56.3 Å². The molecule has 1 fully saturated rings. The zero-order valence-electron chi connectivity index (χ0n) is 25.5. The van der Waals surface area contributed by atoms with Crippen LogP contribution in [-0.4, -0.2) is 66.5 Å². The Morgan fingerprint density at radius 3 is 2.28 bits per heavy atom. The number of hydrogen-bond donors (Lipinski definition) is 1. The highest BCUT2D eigenvalue weighted by molar-refractivity contribution is 6.46. The van der Waals surface area contributed by atoms with Gasteiger partial charge in [0.1, 0.15) is 18.1 Å². The quantitative estimate of drug-likeness (QED) is 0.129. The number of hydrogen-bond acceptors (Lipinski definition) is 7. The fourth-order valence-electron chi connectivity index (χ4n) is 5.25. The topological polar surface area (TPSA) is 88.5 Å². The number of carbonyl (C=O) groups excluding carboxylic acids is 2. The zero-order chi connectivity index (χ0) is 30.8. The van der Waals surface area contributed by atoms with Crippen LogP contribution in [0.2, 0.25) is 0 Å². The first-order valence-electron chi connectivity index (χ1n) is 15.0. The summed E-state index contributed by atoms with van der Waals surface area (Å²) in [4.78, 5) is 30.8. The predicted octanol–water partition coefficient (Wildman–Crippen LogP) is 6.22. The van der Waals surface area contributed by atoms with Crippen LogP contribution in [0.15, 0.2) is 78.4 Å². The van der Waals surface area contributed by atoms with Crippen molar-refractivity contribution in [3.63, 3.8) is 0 Å². The predicted molar refractivity (Wildman–Crippen MR) is 167 cm³/mol. The maximum absolute atomic E-state index is 13.5. The molecule has 1 aliphatic heterocycles. The van der Waals surface area contributed by atoms with E-state index >= 15 is 0 Å². The molecule has 4 rings (SSSR count). The Balaban J connectivity index is 1.70. The van der Waals surface area contributed by atoms with E-state index in [4.69, 9.17) is 14.2 Å². The van der Waals surface area contributed by atoms with Crippen molar-refractivity contribution in [3.05, 3.63) is 95.1 Å². The highest BCUT2D eigenvalue weighted by Gasteiger charge is 2.46. The van der Waals surface area contributed by atoms with Gasteiger partial charge in [-0.2, -0.15) is 0 Å². The molecular weight excluding hydrogens is 544 g/mol. The molecule has 228 valence electrons. The largest absolute Gasteiger partial charge is 0.507 e. The molecule has 0 radical (unpaired) electrons. The van der Waals surface area contributed by atoms with Crippen LogP contribution < -0.4 is 14.2 Å². The van der Waals surface area contributed by atoms with Crippen molar-refractivity contribution in [2.45, 2.75) is 46.3 Å². The van der Waals surface area contributed by atoms with Gasteiger partial charge in [-0.25, -0.2) is 0 Å². The number of amides is 1. The van der Waals surface area contributed by atoms with E-state index in [1.54, 1.807) is 48.4 Å². The van der Waals surface area contributed by atoms with Crippen LogP contribution in [0.25, 0.3) is 5.76 Å². The van der Waals surface area contributed by atoms with Crippen LogP contribution in [0.4, 0.5) is 0 Å². The molecule has 0 spiro atoms. The molecule has 8 nitrogen and oxygen atoms in total. The van der Waals surface area contributed by atoms with E-state index in [1.807, 2.05) is 43.3 Å². The lowest BCUT2D eigenvalue weighted by atomic mass is 9.95. The number of Topliss-reactive ketones (excluding diaryl/α,β-unsaturated/α-hetero) is 1. The molecule has 1 heterocycles. The SMILES string of the molecule is CCCOc1ccc(C(O)=C2C(=O)C(=O)N(CCCN(CC)CC)C2c2ccc(OCc3ccccc3)c(OC)c2)cc1. The van der Waals surface area contributed by atoms with E-state index in [-0.39, 0.29) is 11.3 Å². The summed E-state index contributed by atoms with van der Waals surface area (Å²) in [5.74, 6) is 0.121. The molecule has 43 heavy (non-hydrogen) atoms.